The standard InChI is InChI=1S/C23H24O4/c24-17-23(25,18-26-15-19-8-3-1-4-9-19)21-12-7-13-22(14-21)27-16-20-10-5-2-6-11-20/h1-14,24-25H,15-18H2. The fourth-order valence-electron chi connectivity index (χ4n) is 2.75. The van der Waals surface area contributed by atoms with Crippen LogP contribution in [0.15, 0.2) is 84.9 Å². The van der Waals surface area contributed by atoms with Crippen LogP contribution in [0.3, 0.4) is 0 Å². The molecular weight excluding hydrogens is 340 g/mol. The van der Waals surface area contributed by atoms with Crippen LogP contribution >= 0.6 is 0 Å². The summed E-state index contributed by atoms with van der Waals surface area (Å²) in [4.78, 5) is 0. The predicted molar refractivity (Wildman–Crippen MR) is 104 cm³/mol. The second-order valence-corrected chi connectivity index (χ2v) is 6.47. The molecular formula is C23H24O4. The Morgan fingerprint density at radius 2 is 1.37 bits per heavy atom. The third kappa shape index (κ3) is 5.41. The maximum absolute atomic E-state index is 10.8. The van der Waals surface area contributed by atoms with Crippen molar-refractivity contribution < 1.29 is 19.7 Å². The number of ether oxygens (including phenoxy) is 2. The van der Waals surface area contributed by atoms with Crippen LogP contribution in [0.5, 0.6) is 5.75 Å². The van der Waals surface area contributed by atoms with Crippen molar-refractivity contribution in [1.29, 1.82) is 0 Å². The summed E-state index contributed by atoms with van der Waals surface area (Å²) in [6.45, 7) is 0.351. The Morgan fingerprint density at radius 3 is 2.00 bits per heavy atom. The van der Waals surface area contributed by atoms with E-state index in [1.54, 1.807) is 18.2 Å². The molecule has 0 spiro atoms. The van der Waals surface area contributed by atoms with Crippen molar-refractivity contribution in [2.24, 2.45) is 0 Å². The van der Waals surface area contributed by atoms with Crippen molar-refractivity contribution in [2.75, 3.05) is 13.2 Å². The minimum absolute atomic E-state index is 0.0134. The number of benzene rings is 3. The molecule has 0 aliphatic carbocycles. The number of hydrogen-bond acceptors (Lipinski definition) is 4. The minimum atomic E-state index is -1.49. The first kappa shape index (κ1) is 19.1. The smallest absolute Gasteiger partial charge is 0.136 e. The molecule has 0 aliphatic heterocycles. The number of aliphatic hydroxyl groups excluding tert-OH is 1. The van der Waals surface area contributed by atoms with Gasteiger partial charge in [-0.25, -0.2) is 0 Å². The van der Waals surface area contributed by atoms with E-state index in [-0.39, 0.29) is 6.61 Å². The molecule has 140 valence electrons. The quantitative estimate of drug-likeness (QED) is 0.608. The molecule has 3 aromatic carbocycles. The second-order valence-electron chi connectivity index (χ2n) is 6.47. The van der Waals surface area contributed by atoms with Gasteiger partial charge in [-0.2, -0.15) is 0 Å². The van der Waals surface area contributed by atoms with Crippen LogP contribution in [0.2, 0.25) is 0 Å². The van der Waals surface area contributed by atoms with Gasteiger partial charge in [0, 0.05) is 0 Å². The fraction of sp³-hybridized carbons (Fsp3) is 0.217. The summed E-state index contributed by atoms with van der Waals surface area (Å²) in [6, 6.07) is 26.7. The summed E-state index contributed by atoms with van der Waals surface area (Å²) in [6.07, 6.45) is 0. The van der Waals surface area contributed by atoms with Crippen molar-refractivity contribution in [2.45, 2.75) is 18.8 Å². The maximum Gasteiger partial charge on any atom is 0.136 e. The summed E-state index contributed by atoms with van der Waals surface area (Å²) >= 11 is 0. The van der Waals surface area contributed by atoms with Gasteiger partial charge >= 0.3 is 0 Å². The van der Waals surface area contributed by atoms with Gasteiger partial charge in [0.1, 0.15) is 18.0 Å². The first-order chi connectivity index (χ1) is 13.2. The van der Waals surface area contributed by atoms with E-state index in [1.807, 2.05) is 66.7 Å². The Balaban J connectivity index is 1.63. The van der Waals surface area contributed by atoms with Crippen LogP contribution in [0.4, 0.5) is 0 Å². The van der Waals surface area contributed by atoms with Crippen molar-refractivity contribution >= 4 is 0 Å². The molecule has 0 aromatic heterocycles. The summed E-state index contributed by atoms with van der Waals surface area (Å²) in [5.41, 5.74) is 1.15. The minimum Gasteiger partial charge on any atom is -0.489 e. The number of aliphatic hydroxyl groups is 2. The van der Waals surface area contributed by atoms with E-state index < -0.39 is 12.2 Å². The lowest BCUT2D eigenvalue weighted by atomic mass is 9.95. The monoisotopic (exact) mass is 364 g/mol. The highest BCUT2D eigenvalue weighted by molar-refractivity contribution is 5.33. The lowest BCUT2D eigenvalue weighted by Crippen LogP contribution is -2.35. The van der Waals surface area contributed by atoms with Crippen LogP contribution in [0.25, 0.3) is 0 Å². The van der Waals surface area contributed by atoms with Gasteiger partial charge in [-0.15, -0.1) is 0 Å². The van der Waals surface area contributed by atoms with Crippen molar-refractivity contribution in [1.82, 2.24) is 0 Å². The van der Waals surface area contributed by atoms with Crippen molar-refractivity contribution in [3.8, 4) is 5.75 Å². The number of rotatable bonds is 9. The molecule has 0 fully saturated rings. The molecule has 0 amide bonds. The molecule has 0 saturated heterocycles. The Kier molecular flexibility index (Phi) is 6.60. The van der Waals surface area contributed by atoms with E-state index >= 15 is 0 Å². The Labute approximate surface area is 159 Å². The van der Waals surface area contributed by atoms with Crippen LogP contribution in [-0.4, -0.2) is 23.4 Å². The molecule has 0 aliphatic rings. The molecule has 0 saturated carbocycles. The fourth-order valence-corrected chi connectivity index (χ4v) is 2.75. The molecule has 4 nitrogen and oxygen atoms in total. The zero-order valence-corrected chi connectivity index (χ0v) is 15.1. The predicted octanol–water partition coefficient (Wildman–Crippen LogP) is 3.66. The highest BCUT2D eigenvalue weighted by atomic mass is 16.5. The van der Waals surface area contributed by atoms with E-state index in [0.717, 1.165) is 11.1 Å². The first-order valence-electron chi connectivity index (χ1n) is 8.92. The molecule has 3 aromatic rings. The third-order valence-corrected chi connectivity index (χ3v) is 4.33. The molecule has 3 rings (SSSR count). The molecule has 0 bridgehead atoms. The van der Waals surface area contributed by atoms with E-state index in [0.29, 0.717) is 24.5 Å². The first-order valence-corrected chi connectivity index (χ1v) is 8.92. The molecule has 2 N–H and O–H groups in total. The molecule has 0 radical (unpaired) electrons. The second kappa shape index (κ2) is 9.33. The van der Waals surface area contributed by atoms with E-state index in [1.165, 1.54) is 0 Å². The van der Waals surface area contributed by atoms with Gasteiger partial charge in [0.15, 0.2) is 0 Å². The van der Waals surface area contributed by atoms with E-state index in [2.05, 4.69) is 0 Å². The lowest BCUT2D eigenvalue weighted by molar-refractivity contribution is -0.0871. The van der Waals surface area contributed by atoms with Crippen molar-refractivity contribution in [3.63, 3.8) is 0 Å². The Bertz CT molecular complexity index is 820. The van der Waals surface area contributed by atoms with Gasteiger partial charge in [-0.3, -0.25) is 0 Å². The zero-order valence-electron chi connectivity index (χ0n) is 15.1. The van der Waals surface area contributed by atoms with Gasteiger partial charge < -0.3 is 19.7 Å². The van der Waals surface area contributed by atoms with Gasteiger partial charge in [-0.1, -0.05) is 72.8 Å². The highest BCUT2D eigenvalue weighted by Crippen LogP contribution is 2.26. The van der Waals surface area contributed by atoms with Gasteiger partial charge in [0.05, 0.1) is 19.8 Å². The van der Waals surface area contributed by atoms with Crippen molar-refractivity contribution in [3.05, 3.63) is 102 Å². The third-order valence-electron chi connectivity index (χ3n) is 4.33. The normalized spacial score (nSPS) is 13.1. The largest absolute Gasteiger partial charge is 0.489 e. The summed E-state index contributed by atoms with van der Waals surface area (Å²) in [5.74, 6) is 0.631. The van der Waals surface area contributed by atoms with Gasteiger partial charge in [-0.05, 0) is 28.8 Å². The highest BCUT2D eigenvalue weighted by Gasteiger charge is 2.29. The van der Waals surface area contributed by atoms with Crippen LogP contribution in [0.1, 0.15) is 16.7 Å². The van der Waals surface area contributed by atoms with Crippen LogP contribution in [-0.2, 0) is 23.6 Å². The molecule has 27 heavy (non-hydrogen) atoms. The lowest BCUT2D eigenvalue weighted by Gasteiger charge is -2.26. The average Bonchev–Trinajstić information content (AvgIpc) is 2.74. The maximum atomic E-state index is 10.8. The van der Waals surface area contributed by atoms with E-state index in [4.69, 9.17) is 9.47 Å². The van der Waals surface area contributed by atoms with Crippen LogP contribution < -0.4 is 4.74 Å². The summed E-state index contributed by atoms with van der Waals surface area (Å²) in [7, 11) is 0. The zero-order chi connectivity index (χ0) is 19.0. The van der Waals surface area contributed by atoms with Crippen LogP contribution in [0, 0.1) is 0 Å². The average molecular weight is 364 g/mol. The SMILES string of the molecule is OCC(O)(COCc1ccccc1)c1cccc(OCc2ccccc2)c1. The van der Waals surface area contributed by atoms with Gasteiger partial charge in [0.25, 0.3) is 0 Å². The molecule has 1 atom stereocenters. The van der Waals surface area contributed by atoms with Gasteiger partial charge in [0.2, 0.25) is 0 Å². The van der Waals surface area contributed by atoms with E-state index in [9.17, 15) is 10.2 Å². The summed E-state index contributed by atoms with van der Waals surface area (Å²) < 4.78 is 11.5. The Hall–Kier alpha value is -2.66. The Morgan fingerprint density at radius 1 is 0.741 bits per heavy atom. The molecule has 4 heteroatoms. The topological polar surface area (TPSA) is 58.9 Å². The molecule has 1 unspecified atom stereocenters. The summed E-state index contributed by atoms with van der Waals surface area (Å²) in [5, 5.41) is 20.6. The number of hydrogen-bond donors (Lipinski definition) is 2. The molecule has 0 heterocycles.